The molecule has 0 bridgehead atoms. The molecule has 0 unspecified atom stereocenters. The van der Waals surface area contributed by atoms with Crippen LogP contribution in [0.15, 0.2) is 0 Å². The molecule has 0 atom stereocenters. The van der Waals surface area contributed by atoms with Crippen LogP contribution in [0.5, 0.6) is 0 Å². The number of rotatable bonds is 0. The van der Waals surface area contributed by atoms with E-state index in [1.807, 2.05) is 0 Å². The van der Waals surface area contributed by atoms with Crippen molar-refractivity contribution >= 4 is 112 Å². The van der Waals surface area contributed by atoms with E-state index in [1.54, 1.807) is 0 Å². The molecule has 0 aliphatic rings. The molecule has 0 amide bonds. The molecule has 0 radical (unpaired) electrons. The van der Waals surface area contributed by atoms with E-state index in [0.29, 0.717) is 0 Å². The van der Waals surface area contributed by atoms with Gasteiger partial charge in [0.15, 0.2) is 0 Å². The maximum absolute atomic E-state index is 0. The fourth-order valence-electron chi connectivity index (χ4n) is 0. The molecule has 82 valence electrons. The minimum Gasteiger partial charge on any atom is -0.147 e. The summed E-state index contributed by atoms with van der Waals surface area (Å²) in [6, 6.07) is 0. The normalized spacial score (nSPS) is 0. The van der Waals surface area contributed by atoms with Crippen molar-refractivity contribution in [1.29, 1.82) is 0 Å². The van der Waals surface area contributed by atoms with Gasteiger partial charge in [-0.2, -0.15) is 0 Å². The van der Waals surface area contributed by atoms with E-state index < -0.39 is 0 Å². The van der Waals surface area contributed by atoms with Crippen LogP contribution in [0.2, 0.25) is 0 Å². The first-order chi connectivity index (χ1) is 0. The number of hydrogen-bond donors (Lipinski definition) is 0. The monoisotopic (exact) mass is 602 g/mol. The van der Waals surface area contributed by atoms with Crippen LogP contribution >= 0.6 is 112 Å². The first-order valence-corrected chi connectivity index (χ1v) is 0. The molecule has 0 N–H and O–H groups in total. The van der Waals surface area contributed by atoms with Crippen LogP contribution in [-0.2, 0) is 46.9 Å². The first kappa shape index (κ1) is 175. The zero-order valence-corrected chi connectivity index (χ0v) is 17.5. The van der Waals surface area contributed by atoms with Gasteiger partial charge in [-0.3, -0.25) is 0 Å². The van der Waals surface area contributed by atoms with Gasteiger partial charge in [-0.1, -0.05) is 0 Å². The third-order valence-corrected chi connectivity index (χ3v) is 0. The summed E-state index contributed by atoms with van der Waals surface area (Å²) in [6.45, 7) is 0. The van der Waals surface area contributed by atoms with Crippen molar-refractivity contribution in [2.75, 3.05) is 0 Å². The van der Waals surface area contributed by atoms with Gasteiger partial charge in [-0.15, -0.1) is 112 Å². The molecule has 0 spiro atoms. The fraction of sp³-hybridized carbons (Fsp3) is 0. The Morgan fingerprint density at radius 1 is 0.273 bits per heavy atom. The third-order valence-electron chi connectivity index (χ3n) is 0. The predicted octanol–water partition coefficient (Wildman–Crippen LogP) is 3.79. The van der Waals surface area contributed by atoms with Gasteiger partial charge in [0.2, 0.25) is 0 Å². The standard InChI is InChI=1S/9ClH.Hf.Mo/h9*1H;;. The van der Waals surface area contributed by atoms with Crippen LogP contribution in [0.4, 0.5) is 0 Å². The van der Waals surface area contributed by atoms with Crippen molar-refractivity contribution in [3.8, 4) is 0 Å². The second-order valence-corrected chi connectivity index (χ2v) is 0. The van der Waals surface area contributed by atoms with Crippen LogP contribution in [0.1, 0.15) is 0 Å². The second-order valence-electron chi connectivity index (χ2n) is 0. The number of hydrogen-bond acceptors (Lipinski definition) is 0. The average Bonchev–Trinajstić information content (AvgIpc) is 0. The predicted molar refractivity (Wildman–Crippen MR) is 65.2 cm³/mol. The van der Waals surface area contributed by atoms with Gasteiger partial charge in [0, 0.05) is 46.9 Å². The Labute approximate surface area is 156 Å². The zero-order chi connectivity index (χ0) is 0. The molecule has 0 aromatic heterocycles. The molecule has 0 aromatic carbocycles. The average molecular weight is 603 g/mol. The van der Waals surface area contributed by atoms with Gasteiger partial charge in [0.1, 0.15) is 0 Å². The third kappa shape index (κ3) is 121. The van der Waals surface area contributed by atoms with Crippen molar-refractivity contribution in [2.45, 2.75) is 0 Å². The summed E-state index contributed by atoms with van der Waals surface area (Å²) in [6.07, 6.45) is 0. The Balaban J connectivity index is 0. The van der Waals surface area contributed by atoms with E-state index in [1.165, 1.54) is 0 Å². The van der Waals surface area contributed by atoms with E-state index in [9.17, 15) is 0 Å². The smallest absolute Gasteiger partial charge is 0 e. The summed E-state index contributed by atoms with van der Waals surface area (Å²) in [5.41, 5.74) is 0. The molecule has 0 fully saturated rings. The van der Waals surface area contributed by atoms with Crippen molar-refractivity contribution in [1.82, 2.24) is 0 Å². The van der Waals surface area contributed by atoms with Crippen molar-refractivity contribution in [3.63, 3.8) is 0 Å². The molecule has 0 saturated carbocycles. The van der Waals surface area contributed by atoms with E-state index in [0.717, 1.165) is 0 Å². The van der Waals surface area contributed by atoms with Gasteiger partial charge < -0.3 is 0 Å². The molecule has 0 nitrogen and oxygen atoms in total. The summed E-state index contributed by atoms with van der Waals surface area (Å²) in [7, 11) is 0. The van der Waals surface area contributed by atoms with E-state index in [4.69, 9.17) is 0 Å². The van der Waals surface area contributed by atoms with Crippen LogP contribution < -0.4 is 0 Å². The first-order valence-electron chi connectivity index (χ1n) is 0. The maximum Gasteiger partial charge on any atom is 0 e. The van der Waals surface area contributed by atoms with Crippen molar-refractivity contribution in [3.05, 3.63) is 0 Å². The Morgan fingerprint density at radius 3 is 0.273 bits per heavy atom. The minimum atomic E-state index is 0. The Kier molecular flexibility index (Phi) is 2250. The second kappa shape index (κ2) is 141. The summed E-state index contributed by atoms with van der Waals surface area (Å²) in [5.74, 6) is 0. The van der Waals surface area contributed by atoms with Gasteiger partial charge in [0.25, 0.3) is 0 Å². The summed E-state index contributed by atoms with van der Waals surface area (Å²) in [5, 5.41) is 0. The molecular formula is H9Cl9HfMo. The SMILES string of the molecule is Cl.Cl.Cl.Cl.Cl.Cl.Cl.Cl.Cl.[Hf].[Mo]. The van der Waals surface area contributed by atoms with Gasteiger partial charge in [0.05, 0.1) is 0 Å². The Hall–Kier alpha value is 4.17. The summed E-state index contributed by atoms with van der Waals surface area (Å²) >= 11 is 0. The van der Waals surface area contributed by atoms with Crippen LogP contribution in [0.3, 0.4) is 0 Å². The van der Waals surface area contributed by atoms with Gasteiger partial charge in [-0.25, -0.2) is 0 Å². The topological polar surface area (TPSA) is 0 Å². The van der Waals surface area contributed by atoms with Gasteiger partial charge >= 0.3 is 0 Å². The Bertz CT molecular complexity index is 9.52. The molecule has 11 heteroatoms. The van der Waals surface area contributed by atoms with Crippen molar-refractivity contribution < 1.29 is 46.9 Å². The molecule has 0 aromatic rings. The number of halogens is 9. The molecule has 0 aliphatic heterocycles. The molecule has 0 saturated heterocycles. The molecule has 0 heterocycles. The maximum atomic E-state index is 0. The molecule has 0 aliphatic carbocycles. The van der Waals surface area contributed by atoms with E-state index >= 15 is 0 Å². The zero-order valence-electron chi connectivity index (χ0n) is 4.58. The summed E-state index contributed by atoms with van der Waals surface area (Å²) < 4.78 is 0. The largest absolute Gasteiger partial charge is 0.147 e. The molecular weight excluding hydrogens is 594 g/mol. The quantitative estimate of drug-likeness (QED) is 0.371. The van der Waals surface area contributed by atoms with E-state index in [-0.39, 0.29) is 159 Å². The van der Waals surface area contributed by atoms with E-state index in [2.05, 4.69) is 0 Å². The van der Waals surface area contributed by atoms with Crippen LogP contribution in [-0.4, -0.2) is 0 Å². The fourth-order valence-corrected chi connectivity index (χ4v) is 0. The van der Waals surface area contributed by atoms with Crippen LogP contribution in [0.25, 0.3) is 0 Å². The van der Waals surface area contributed by atoms with Crippen molar-refractivity contribution in [2.24, 2.45) is 0 Å². The van der Waals surface area contributed by atoms with Crippen LogP contribution in [0, 0.1) is 0 Å². The Morgan fingerprint density at radius 2 is 0.273 bits per heavy atom. The minimum absolute atomic E-state index is 0. The molecule has 0 rings (SSSR count). The summed E-state index contributed by atoms with van der Waals surface area (Å²) in [4.78, 5) is 0. The van der Waals surface area contributed by atoms with Gasteiger partial charge in [-0.05, 0) is 0 Å². The molecule has 11 heavy (non-hydrogen) atoms.